The third kappa shape index (κ3) is 11.4. The van der Waals surface area contributed by atoms with Crippen LogP contribution in [0.2, 0.25) is 0 Å². The summed E-state index contributed by atoms with van der Waals surface area (Å²) in [6, 6.07) is 110. The van der Waals surface area contributed by atoms with Crippen molar-refractivity contribution in [3.8, 4) is 66.8 Å². The molecule has 0 amide bonds. The van der Waals surface area contributed by atoms with Crippen LogP contribution in [-0.2, 0) is 0 Å². The van der Waals surface area contributed by atoms with Gasteiger partial charge in [-0.3, -0.25) is 19.9 Å². The minimum atomic E-state index is 0.915. The normalized spacial score (nSPS) is 11.8. The standard InChI is InChI=1S/C37H26N2O.2C35H22N2O/c1-21-16-22(2)36-32(17-21)33-20-25(18-23(3)37(33)40-36)27-9-5-4-8-26(27)24-12-13-30-31(19-24)28-10-6-7-11-29(28)34-35(30)39-15-14-38-34;1-21-20-36-34-29-15-13-24(18-30(29)26-9-2-3-11-28(26)35(34)37-21)22-7-6-8-23(17-22)25-14-16-33-31(19-25)27-10-4-5-12-32(27)38-33;1-21-20-36-34-28-11-3-2-9-26(28)30-18-24(13-15-29(30)35(34)37-21)22-7-6-8-23(17-22)25-14-16-33-31(19-25)27-10-4-5-12-32(27)38-33/h4-20H,1-3H3;2*2-20H,1H3. The summed E-state index contributed by atoms with van der Waals surface area (Å²) in [4.78, 5) is 28.7. The summed E-state index contributed by atoms with van der Waals surface area (Å²) >= 11 is 0. The van der Waals surface area contributed by atoms with Crippen molar-refractivity contribution in [1.29, 1.82) is 0 Å². The fourth-order valence-corrected chi connectivity index (χ4v) is 17.9. The molecule has 0 fully saturated rings. The van der Waals surface area contributed by atoms with E-state index in [1.54, 1.807) is 12.4 Å². The highest BCUT2D eigenvalue weighted by Crippen LogP contribution is 2.45. The highest BCUT2D eigenvalue weighted by Gasteiger charge is 2.21. The molecule has 6 aromatic heterocycles. The maximum Gasteiger partial charge on any atom is 0.138 e. The number of hydrogen-bond donors (Lipinski definition) is 0. The molecule has 0 saturated carbocycles. The van der Waals surface area contributed by atoms with Crippen LogP contribution in [0.25, 0.3) is 230 Å². The summed E-state index contributed by atoms with van der Waals surface area (Å²) < 4.78 is 18.5. The highest BCUT2D eigenvalue weighted by atomic mass is 16.3. The Balaban J connectivity index is 0.000000106. The molecule has 0 aliphatic rings. The first-order chi connectivity index (χ1) is 57.0. The molecule has 0 unspecified atom stereocenters. The third-order valence-corrected chi connectivity index (χ3v) is 23.3. The number of fused-ring (bicyclic) bond motifs is 27. The molecule has 9 nitrogen and oxygen atoms in total. The smallest absolute Gasteiger partial charge is 0.138 e. The molecule has 0 radical (unpaired) electrons. The average Bonchev–Trinajstić information content (AvgIpc) is 0.965. The second-order valence-corrected chi connectivity index (χ2v) is 30.6. The molecule has 9 heteroatoms. The quantitative estimate of drug-likeness (QED) is 0.150. The van der Waals surface area contributed by atoms with Gasteiger partial charge in [0, 0.05) is 89.4 Å². The van der Waals surface area contributed by atoms with Crippen molar-refractivity contribution in [2.24, 2.45) is 0 Å². The Labute approximate surface area is 666 Å². The van der Waals surface area contributed by atoms with Crippen LogP contribution in [0.4, 0.5) is 0 Å². The lowest BCUT2D eigenvalue weighted by Gasteiger charge is -2.14. The molecule has 0 bridgehead atoms. The molecule has 546 valence electrons. The molecule has 0 N–H and O–H groups in total. The van der Waals surface area contributed by atoms with Gasteiger partial charge in [0.1, 0.15) is 33.5 Å². The summed E-state index contributed by atoms with van der Waals surface area (Å²) in [7, 11) is 0. The Kier molecular flexibility index (Phi) is 15.9. The van der Waals surface area contributed by atoms with Crippen LogP contribution in [0.15, 0.2) is 347 Å². The van der Waals surface area contributed by atoms with Gasteiger partial charge in [0.25, 0.3) is 0 Å². The van der Waals surface area contributed by atoms with E-state index in [1.807, 2.05) is 50.5 Å². The fraction of sp³-hybridized carbons (Fsp3) is 0.0467. The van der Waals surface area contributed by atoms with Crippen molar-refractivity contribution in [2.75, 3.05) is 0 Å². The van der Waals surface area contributed by atoms with Gasteiger partial charge in [0.05, 0.1) is 44.5 Å². The molecular formula is C107H70N6O3. The molecule has 18 aromatic carbocycles. The number of furan rings is 3. The van der Waals surface area contributed by atoms with Crippen molar-refractivity contribution in [3.05, 3.63) is 362 Å². The minimum Gasteiger partial charge on any atom is -0.456 e. The van der Waals surface area contributed by atoms with Crippen molar-refractivity contribution in [1.82, 2.24) is 29.9 Å². The van der Waals surface area contributed by atoms with E-state index in [9.17, 15) is 0 Å². The molecule has 24 aromatic rings. The van der Waals surface area contributed by atoms with Crippen LogP contribution in [0.1, 0.15) is 28.1 Å². The van der Waals surface area contributed by atoms with Crippen LogP contribution in [0.3, 0.4) is 0 Å². The van der Waals surface area contributed by atoms with Gasteiger partial charge >= 0.3 is 0 Å². The van der Waals surface area contributed by atoms with Crippen molar-refractivity contribution < 1.29 is 13.3 Å². The lowest BCUT2D eigenvalue weighted by atomic mass is 9.90. The number of nitrogens with zero attached hydrogens (tertiary/aromatic N) is 6. The van der Waals surface area contributed by atoms with E-state index in [-0.39, 0.29) is 0 Å². The predicted molar refractivity (Wildman–Crippen MR) is 482 cm³/mol. The Morgan fingerprint density at radius 3 is 1.01 bits per heavy atom. The highest BCUT2D eigenvalue weighted by molar-refractivity contribution is 6.26. The summed E-state index contributed by atoms with van der Waals surface area (Å²) in [5, 5.41) is 20.9. The molecule has 116 heavy (non-hydrogen) atoms. The summed E-state index contributed by atoms with van der Waals surface area (Å²) in [5.74, 6) is 0. The van der Waals surface area contributed by atoms with Gasteiger partial charge in [-0.15, -0.1) is 0 Å². The molecule has 0 aliphatic carbocycles. The van der Waals surface area contributed by atoms with Gasteiger partial charge in [-0.1, -0.05) is 224 Å². The molecule has 0 atom stereocenters. The van der Waals surface area contributed by atoms with Crippen LogP contribution < -0.4 is 0 Å². The van der Waals surface area contributed by atoms with Crippen LogP contribution >= 0.6 is 0 Å². The Bertz CT molecular complexity index is 8200. The van der Waals surface area contributed by atoms with E-state index < -0.39 is 0 Å². The topological polar surface area (TPSA) is 117 Å². The van der Waals surface area contributed by atoms with Crippen molar-refractivity contribution in [3.63, 3.8) is 0 Å². The van der Waals surface area contributed by atoms with E-state index in [1.165, 1.54) is 121 Å². The first-order valence-electron chi connectivity index (χ1n) is 39.3. The second kappa shape index (κ2) is 27.1. The van der Waals surface area contributed by atoms with Crippen molar-refractivity contribution >= 4 is 164 Å². The van der Waals surface area contributed by atoms with E-state index in [0.29, 0.717) is 0 Å². The Morgan fingerprint density at radius 2 is 0.526 bits per heavy atom. The summed E-state index contributed by atoms with van der Waals surface area (Å²) in [5.41, 5.74) is 30.9. The molecular weight excluding hydrogens is 1420 g/mol. The number of aryl methyl sites for hydroxylation is 5. The van der Waals surface area contributed by atoms with Gasteiger partial charge in [0.2, 0.25) is 0 Å². The van der Waals surface area contributed by atoms with E-state index in [0.717, 1.165) is 137 Å². The lowest BCUT2D eigenvalue weighted by Crippen LogP contribution is -1.91. The summed E-state index contributed by atoms with van der Waals surface area (Å²) in [6.45, 7) is 10.4. The van der Waals surface area contributed by atoms with Crippen LogP contribution in [0, 0.1) is 34.6 Å². The van der Waals surface area contributed by atoms with E-state index in [2.05, 4.69) is 311 Å². The first-order valence-corrected chi connectivity index (χ1v) is 39.3. The Hall–Kier alpha value is -15.1. The molecule has 24 rings (SSSR count). The Morgan fingerprint density at radius 1 is 0.198 bits per heavy atom. The summed E-state index contributed by atoms with van der Waals surface area (Å²) in [6.07, 6.45) is 7.26. The van der Waals surface area contributed by atoms with Crippen LogP contribution in [-0.4, -0.2) is 29.9 Å². The molecule has 0 aliphatic heterocycles. The van der Waals surface area contributed by atoms with Gasteiger partial charge in [0.15, 0.2) is 0 Å². The average molecular weight is 1490 g/mol. The lowest BCUT2D eigenvalue weighted by molar-refractivity contribution is 0.662. The monoisotopic (exact) mass is 1490 g/mol. The largest absolute Gasteiger partial charge is 0.456 e. The third-order valence-electron chi connectivity index (χ3n) is 23.3. The minimum absolute atomic E-state index is 0.915. The zero-order valence-corrected chi connectivity index (χ0v) is 64.2. The maximum atomic E-state index is 6.39. The van der Waals surface area contributed by atoms with Crippen molar-refractivity contribution in [2.45, 2.75) is 34.6 Å². The first kappa shape index (κ1) is 67.8. The number of rotatable bonds is 6. The fourth-order valence-electron chi connectivity index (χ4n) is 17.9. The number of hydrogen-bond acceptors (Lipinski definition) is 9. The van der Waals surface area contributed by atoms with Gasteiger partial charge in [-0.2, -0.15) is 0 Å². The predicted octanol–water partition coefficient (Wildman–Crippen LogP) is 29.1. The van der Waals surface area contributed by atoms with E-state index >= 15 is 0 Å². The number of para-hydroxylation sites is 2. The van der Waals surface area contributed by atoms with Gasteiger partial charge in [-0.05, 0) is 235 Å². The zero-order chi connectivity index (χ0) is 77.4. The van der Waals surface area contributed by atoms with Gasteiger partial charge in [-0.25, -0.2) is 9.97 Å². The number of benzene rings is 18. The molecule has 0 saturated heterocycles. The number of aromatic nitrogens is 6. The van der Waals surface area contributed by atoms with Gasteiger partial charge < -0.3 is 13.3 Å². The SMILES string of the molecule is Cc1cc(C)c2oc3c(C)cc(-c4ccccc4-c4ccc5c(c4)c4ccccc4c4nccnc54)cc3c2c1.Cc1cnc2c3ccc(-c4cccc(-c5ccc6oc7ccccc7c6c5)c4)cc3c3ccccc3c2n1.Cc1cnc2c3ccccc3c3cc(-c4cccc(-c5ccc6oc7ccccc7c6c5)c4)ccc3c2n1. The second-order valence-electron chi connectivity index (χ2n) is 30.6. The molecule has 6 heterocycles. The van der Waals surface area contributed by atoms with Crippen LogP contribution in [0.5, 0.6) is 0 Å². The maximum absolute atomic E-state index is 6.39. The molecule has 0 spiro atoms. The zero-order valence-electron chi connectivity index (χ0n) is 64.2. The van der Waals surface area contributed by atoms with E-state index in [4.69, 9.17) is 38.2 Å².